The summed E-state index contributed by atoms with van der Waals surface area (Å²) in [7, 11) is 0. The predicted molar refractivity (Wildman–Crippen MR) is 94.1 cm³/mol. The fraction of sp³-hybridized carbons (Fsp3) is 0.158. The minimum absolute atomic E-state index is 0.00881. The molecule has 23 heavy (non-hydrogen) atoms. The number of anilines is 1. The summed E-state index contributed by atoms with van der Waals surface area (Å²) >= 11 is 0. The zero-order valence-corrected chi connectivity index (χ0v) is 12.9. The van der Waals surface area contributed by atoms with Crippen molar-refractivity contribution in [2.45, 2.75) is 19.9 Å². The Balaban J connectivity index is 1.93. The number of hydrogen-bond donors (Lipinski definition) is 1. The quantitative estimate of drug-likeness (QED) is 0.702. The van der Waals surface area contributed by atoms with E-state index >= 15 is 0 Å². The Bertz CT molecular complexity index is 1010. The normalized spacial score (nSPS) is 15.3. The molecule has 0 bridgehead atoms. The molecule has 1 aliphatic rings. The second-order valence-electron chi connectivity index (χ2n) is 5.94. The highest BCUT2D eigenvalue weighted by Gasteiger charge is 2.21. The lowest BCUT2D eigenvalue weighted by molar-refractivity contribution is 0.725. The summed E-state index contributed by atoms with van der Waals surface area (Å²) in [6.45, 7) is 2.76. The molecule has 0 spiro atoms. The first-order chi connectivity index (χ1) is 11.1. The van der Waals surface area contributed by atoms with Crippen LogP contribution in [0.2, 0.25) is 0 Å². The van der Waals surface area contributed by atoms with Crippen molar-refractivity contribution in [1.82, 2.24) is 9.55 Å². The molecule has 1 aromatic heterocycles. The van der Waals surface area contributed by atoms with Crippen molar-refractivity contribution < 1.29 is 0 Å². The summed E-state index contributed by atoms with van der Waals surface area (Å²) in [6, 6.07) is 13.5. The van der Waals surface area contributed by atoms with Crippen molar-refractivity contribution in [2.24, 2.45) is 0 Å². The lowest BCUT2D eigenvalue weighted by atomic mass is 10.0. The topological polar surface area (TPSA) is 60.9 Å². The van der Waals surface area contributed by atoms with E-state index in [1.165, 1.54) is 11.1 Å². The first-order valence-corrected chi connectivity index (χ1v) is 7.70. The van der Waals surface area contributed by atoms with Crippen molar-refractivity contribution in [2.75, 3.05) is 5.73 Å². The van der Waals surface area contributed by atoms with Crippen LogP contribution in [0, 0.1) is 6.92 Å². The minimum Gasteiger partial charge on any atom is -0.399 e. The molecule has 4 rings (SSSR count). The average Bonchev–Trinajstić information content (AvgIpc) is 2.94. The molecule has 0 aliphatic carbocycles. The van der Waals surface area contributed by atoms with Gasteiger partial charge in [-0.3, -0.25) is 9.36 Å². The molecule has 4 nitrogen and oxygen atoms in total. The van der Waals surface area contributed by atoms with Crippen LogP contribution >= 0.6 is 0 Å². The third kappa shape index (κ3) is 2.23. The standard InChI is InChI=1S/C19H17N3O/c1-12-4-2-3-5-13(12)10-14-8-9-22-18(14)21-17-7-6-15(20)11-16(17)19(22)23/h2-7,10-11H,8-9,20H2,1H3/b14-10+. The second kappa shape index (κ2) is 5.09. The number of aromatic nitrogens is 2. The predicted octanol–water partition coefficient (Wildman–Crippen LogP) is 3.23. The molecule has 0 saturated carbocycles. The number of nitrogen functional groups attached to an aromatic ring is 1. The van der Waals surface area contributed by atoms with Crippen molar-refractivity contribution >= 4 is 28.2 Å². The largest absolute Gasteiger partial charge is 0.399 e. The van der Waals surface area contributed by atoms with Gasteiger partial charge in [0.25, 0.3) is 5.56 Å². The fourth-order valence-corrected chi connectivity index (χ4v) is 3.11. The molecule has 0 radical (unpaired) electrons. The molecule has 0 amide bonds. The summed E-state index contributed by atoms with van der Waals surface area (Å²) in [5, 5.41) is 0.589. The van der Waals surface area contributed by atoms with Crippen LogP contribution in [0.3, 0.4) is 0 Å². The summed E-state index contributed by atoms with van der Waals surface area (Å²) in [6.07, 6.45) is 2.96. The zero-order valence-electron chi connectivity index (χ0n) is 12.9. The number of benzene rings is 2. The fourth-order valence-electron chi connectivity index (χ4n) is 3.11. The van der Waals surface area contributed by atoms with Gasteiger partial charge in [0.1, 0.15) is 5.82 Å². The molecule has 0 atom stereocenters. The highest BCUT2D eigenvalue weighted by Crippen LogP contribution is 2.28. The van der Waals surface area contributed by atoms with Gasteiger partial charge in [0.05, 0.1) is 10.9 Å². The first-order valence-electron chi connectivity index (χ1n) is 7.70. The third-order valence-electron chi connectivity index (χ3n) is 4.39. The van der Waals surface area contributed by atoms with Gasteiger partial charge in [-0.25, -0.2) is 4.98 Å². The van der Waals surface area contributed by atoms with E-state index in [-0.39, 0.29) is 5.56 Å². The summed E-state index contributed by atoms with van der Waals surface area (Å²) < 4.78 is 1.76. The van der Waals surface area contributed by atoms with Gasteiger partial charge in [0.15, 0.2) is 0 Å². The van der Waals surface area contributed by atoms with E-state index in [2.05, 4.69) is 25.1 Å². The Morgan fingerprint density at radius 1 is 1.22 bits per heavy atom. The summed E-state index contributed by atoms with van der Waals surface area (Å²) in [4.78, 5) is 17.4. The smallest absolute Gasteiger partial charge is 0.261 e. The molecule has 0 saturated heterocycles. The molecule has 2 N–H and O–H groups in total. The maximum Gasteiger partial charge on any atom is 0.261 e. The number of rotatable bonds is 1. The number of allylic oxidation sites excluding steroid dienone is 1. The van der Waals surface area contributed by atoms with Crippen molar-refractivity contribution in [3.63, 3.8) is 0 Å². The molecule has 0 unspecified atom stereocenters. The maximum absolute atomic E-state index is 12.7. The molecule has 114 valence electrons. The number of nitrogens with zero attached hydrogens (tertiary/aromatic N) is 2. The van der Waals surface area contributed by atoms with Crippen LogP contribution in [0.5, 0.6) is 0 Å². The van der Waals surface area contributed by atoms with E-state index in [9.17, 15) is 4.79 Å². The Kier molecular flexibility index (Phi) is 3.05. The van der Waals surface area contributed by atoms with Gasteiger partial charge in [0.2, 0.25) is 0 Å². The van der Waals surface area contributed by atoms with Gasteiger partial charge in [-0.1, -0.05) is 24.3 Å². The molecule has 3 aromatic rings. The van der Waals surface area contributed by atoms with Crippen LogP contribution < -0.4 is 11.3 Å². The average molecular weight is 303 g/mol. The van der Waals surface area contributed by atoms with E-state index in [0.717, 1.165) is 17.8 Å². The van der Waals surface area contributed by atoms with Crippen LogP contribution in [0.4, 0.5) is 5.69 Å². The molecule has 2 aromatic carbocycles. The van der Waals surface area contributed by atoms with Gasteiger partial charge >= 0.3 is 0 Å². The van der Waals surface area contributed by atoms with Crippen LogP contribution in [-0.4, -0.2) is 9.55 Å². The molecule has 1 aliphatic heterocycles. The van der Waals surface area contributed by atoms with Gasteiger partial charge in [-0.2, -0.15) is 0 Å². The zero-order chi connectivity index (χ0) is 16.0. The Labute approximate surface area is 133 Å². The summed E-state index contributed by atoms with van der Waals surface area (Å²) in [5.74, 6) is 0.774. The molecular formula is C19H17N3O. The number of fused-ring (bicyclic) bond motifs is 2. The maximum atomic E-state index is 12.7. The number of nitrogens with two attached hydrogens (primary N) is 1. The first kappa shape index (κ1) is 13.8. The van der Waals surface area contributed by atoms with E-state index in [0.29, 0.717) is 23.1 Å². The van der Waals surface area contributed by atoms with Crippen LogP contribution in [0.25, 0.3) is 22.6 Å². The Morgan fingerprint density at radius 2 is 2.04 bits per heavy atom. The highest BCUT2D eigenvalue weighted by molar-refractivity contribution is 5.86. The van der Waals surface area contributed by atoms with Gasteiger partial charge in [0, 0.05) is 12.2 Å². The van der Waals surface area contributed by atoms with Crippen LogP contribution in [0.15, 0.2) is 47.3 Å². The van der Waals surface area contributed by atoms with Crippen LogP contribution in [0.1, 0.15) is 23.4 Å². The second-order valence-corrected chi connectivity index (χ2v) is 5.94. The molecular weight excluding hydrogens is 286 g/mol. The van der Waals surface area contributed by atoms with E-state index < -0.39 is 0 Å². The Morgan fingerprint density at radius 3 is 2.87 bits per heavy atom. The highest BCUT2D eigenvalue weighted by atomic mass is 16.1. The van der Waals surface area contributed by atoms with Gasteiger partial charge in [-0.05, 0) is 54.3 Å². The minimum atomic E-state index is -0.00881. The van der Waals surface area contributed by atoms with E-state index in [1.807, 2.05) is 18.2 Å². The van der Waals surface area contributed by atoms with E-state index in [1.54, 1.807) is 16.7 Å². The SMILES string of the molecule is Cc1ccccc1/C=C1\CCn2c1nc1ccc(N)cc1c2=O. The lowest BCUT2D eigenvalue weighted by Gasteiger charge is -2.06. The van der Waals surface area contributed by atoms with Crippen molar-refractivity contribution in [3.8, 4) is 0 Å². The number of hydrogen-bond acceptors (Lipinski definition) is 3. The third-order valence-corrected chi connectivity index (χ3v) is 4.39. The molecule has 2 heterocycles. The van der Waals surface area contributed by atoms with Crippen LogP contribution in [-0.2, 0) is 6.54 Å². The lowest BCUT2D eigenvalue weighted by Crippen LogP contribution is -2.20. The summed E-state index contributed by atoms with van der Waals surface area (Å²) in [5.41, 5.74) is 10.6. The van der Waals surface area contributed by atoms with Gasteiger partial charge in [-0.15, -0.1) is 0 Å². The van der Waals surface area contributed by atoms with Gasteiger partial charge < -0.3 is 5.73 Å². The van der Waals surface area contributed by atoms with Crippen molar-refractivity contribution in [1.29, 1.82) is 0 Å². The monoisotopic (exact) mass is 303 g/mol. The molecule has 4 heteroatoms. The van der Waals surface area contributed by atoms with E-state index in [4.69, 9.17) is 10.7 Å². The number of aryl methyl sites for hydroxylation is 1. The Hall–Kier alpha value is -2.88. The van der Waals surface area contributed by atoms with Crippen molar-refractivity contribution in [3.05, 3.63) is 69.8 Å². The molecule has 0 fully saturated rings.